The molecular weight excluding hydrogens is 234 g/mol. The molecule has 0 amide bonds. The van der Waals surface area contributed by atoms with Gasteiger partial charge >= 0.3 is 0 Å². The quantitative estimate of drug-likeness (QED) is 0.542. The van der Waals surface area contributed by atoms with Crippen molar-refractivity contribution in [3.05, 3.63) is 66.2 Å². The lowest BCUT2D eigenvalue weighted by Crippen LogP contribution is -2.38. The summed E-state index contributed by atoms with van der Waals surface area (Å²) in [6.45, 7) is 8.07. The van der Waals surface area contributed by atoms with Gasteiger partial charge in [-0.25, -0.2) is 16.8 Å². The van der Waals surface area contributed by atoms with Crippen molar-refractivity contribution in [1.29, 1.82) is 0 Å². The van der Waals surface area contributed by atoms with Crippen LogP contribution in [0.3, 0.4) is 0 Å². The van der Waals surface area contributed by atoms with E-state index in [1.807, 2.05) is 24.3 Å². The number of rotatable bonds is 2. The van der Waals surface area contributed by atoms with Gasteiger partial charge in [0.2, 0.25) is 0 Å². The van der Waals surface area contributed by atoms with Crippen LogP contribution in [-0.2, 0) is 0 Å². The van der Waals surface area contributed by atoms with Crippen LogP contribution in [-0.4, -0.2) is 0 Å². The summed E-state index contributed by atoms with van der Waals surface area (Å²) in [5.41, 5.74) is 7.21. The Morgan fingerprint density at radius 1 is 0.947 bits per heavy atom. The number of nitrogens with zero attached hydrogens (tertiary/aromatic N) is 1. The van der Waals surface area contributed by atoms with Crippen molar-refractivity contribution in [1.82, 2.24) is 0 Å². The summed E-state index contributed by atoms with van der Waals surface area (Å²) in [6, 6.07) is 12.2. The molecule has 3 rings (SSSR count). The summed E-state index contributed by atoms with van der Waals surface area (Å²) >= 11 is 0. The molecule has 0 heterocycles. The van der Waals surface area contributed by atoms with Crippen molar-refractivity contribution in [3.8, 4) is 11.1 Å². The van der Waals surface area contributed by atoms with E-state index in [0.29, 0.717) is 0 Å². The Bertz CT molecular complexity index is 699. The molecule has 0 aliphatic heterocycles. The molecular formula is C16H15N3. The molecule has 1 aliphatic carbocycles. The van der Waals surface area contributed by atoms with Crippen molar-refractivity contribution in [3.63, 3.8) is 0 Å². The van der Waals surface area contributed by atoms with E-state index in [4.69, 9.17) is 11.7 Å². The van der Waals surface area contributed by atoms with E-state index in [1.165, 1.54) is 5.56 Å². The van der Waals surface area contributed by atoms with E-state index in [9.17, 15) is 0 Å². The maximum atomic E-state index is 5.67. The second-order valence-electron chi connectivity index (χ2n) is 4.56. The van der Waals surface area contributed by atoms with E-state index in [1.54, 1.807) is 6.08 Å². The maximum absolute atomic E-state index is 5.67. The summed E-state index contributed by atoms with van der Waals surface area (Å²) < 4.78 is 0. The van der Waals surface area contributed by atoms with Crippen LogP contribution in [0.25, 0.3) is 22.8 Å². The normalized spacial score (nSPS) is 12.0. The van der Waals surface area contributed by atoms with Crippen molar-refractivity contribution in [2.45, 2.75) is 0 Å². The minimum atomic E-state index is 0.739. The van der Waals surface area contributed by atoms with Crippen LogP contribution in [0.5, 0.6) is 0 Å². The number of hydrogen-bond acceptors (Lipinski definition) is 3. The number of benzene rings is 2. The Hall–Kier alpha value is -2.36. The minimum absolute atomic E-state index is 0.739. The fourth-order valence-electron chi connectivity index (χ4n) is 2.71. The molecule has 0 bridgehead atoms. The van der Waals surface area contributed by atoms with Gasteiger partial charge in [0, 0.05) is 5.56 Å². The predicted octanol–water partition coefficient (Wildman–Crippen LogP) is 2.93. The van der Waals surface area contributed by atoms with Crippen molar-refractivity contribution in [2.75, 3.05) is 5.12 Å². The van der Waals surface area contributed by atoms with Crippen molar-refractivity contribution in [2.24, 2.45) is 11.7 Å². The molecule has 19 heavy (non-hydrogen) atoms. The van der Waals surface area contributed by atoms with Crippen LogP contribution >= 0.6 is 0 Å². The van der Waals surface area contributed by atoms with Crippen LogP contribution in [0, 0.1) is 0 Å². The van der Waals surface area contributed by atoms with Gasteiger partial charge in [-0.15, -0.1) is 0 Å². The first-order valence-electron chi connectivity index (χ1n) is 6.03. The second kappa shape index (κ2) is 4.09. The summed E-state index contributed by atoms with van der Waals surface area (Å²) in [6.07, 6.45) is 1.78. The van der Waals surface area contributed by atoms with Crippen molar-refractivity contribution >= 4 is 17.3 Å². The van der Waals surface area contributed by atoms with Gasteiger partial charge in [0.15, 0.2) is 0 Å². The lowest BCUT2D eigenvalue weighted by atomic mass is 9.97. The molecule has 0 atom stereocenters. The second-order valence-corrected chi connectivity index (χ2v) is 4.56. The predicted molar refractivity (Wildman–Crippen MR) is 81.0 cm³/mol. The summed E-state index contributed by atoms with van der Waals surface area (Å²) in [5.74, 6) is 11.3. The van der Waals surface area contributed by atoms with Gasteiger partial charge in [-0.1, -0.05) is 49.6 Å². The monoisotopic (exact) mass is 249 g/mol. The summed E-state index contributed by atoms with van der Waals surface area (Å²) in [7, 11) is 0. The molecule has 3 nitrogen and oxygen atoms in total. The number of hydrazine groups is 2. The van der Waals surface area contributed by atoms with Crippen molar-refractivity contribution < 1.29 is 0 Å². The molecule has 0 spiro atoms. The van der Waals surface area contributed by atoms with E-state index in [2.05, 4.69) is 25.3 Å². The standard InChI is InChI=1S/C16H15N3/c1-3-11-15(19(17)18)9-8-14-13-7-5-4-6-12(13)10(2)16(11)14/h3-9H,1-2,17-18H2. The third-order valence-corrected chi connectivity index (χ3v) is 3.55. The molecule has 0 radical (unpaired) electrons. The van der Waals surface area contributed by atoms with Crippen LogP contribution in [0.1, 0.15) is 16.7 Å². The SMILES string of the molecule is C=Cc1c(N(N)N)ccc2c1C(=C)c1ccccc1-2. The Balaban J connectivity index is 2.36. The molecule has 0 saturated heterocycles. The first-order chi connectivity index (χ1) is 9.15. The average molecular weight is 249 g/mol. The summed E-state index contributed by atoms with van der Waals surface area (Å²) in [4.78, 5) is 0. The number of fused-ring (bicyclic) bond motifs is 3. The third kappa shape index (κ3) is 1.53. The van der Waals surface area contributed by atoms with Crippen LogP contribution < -0.4 is 16.8 Å². The highest BCUT2D eigenvalue weighted by Crippen LogP contribution is 2.46. The average Bonchev–Trinajstić information content (AvgIpc) is 2.72. The number of anilines is 1. The van der Waals surface area contributed by atoms with Gasteiger partial charge in [-0.05, 0) is 33.9 Å². The first-order valence-corrected chi connectivity index (χ1v) is 6.03. The molecule has 0 unspecified atom stereocenters. The lowest BCUT2D eigenvalue weighted by molar-refractivity contribution is 0.923. The zero-order chi connectivity index (χ0) is 13.6. The van der Waals surface area contributed by atoms with Gasteiger partial charge in [0.1, 0.15) is 0 Å². The largest absolute Gasteiger partial charge is 0.246 e. The van der Waals surface area contributed by atoms with Crippen LogP contribution in [0.15, 0.2) is 49.6 Å². The Labute approximate surface area is 112 Å². The molecule has 1 aliphatic rings. The molecule has 0 aromatic heterocycles. The Morgan fingerprint density at radius 2 is 1.63 bits per heavy atom. The summed E-state index contributed by atoms with van der Waals surface area (Å²) in [5, 5.41) is 1.12. The van der Waals surface area contributed by atoms with Crippen LogP contribution in [0.4, 0.5) is 5.69 Å². The van der Waals surface area contributed by atoms with Gasteiger partial charge < -0.3 is 0 Å². The lowest BCUT2D eigenvalue weighted by Gasteiger charge is -2.17. The molecule has 94 valence electrons. The van der Waals surface area contributed by atoms with Crippen LogP contribution in [0.2, 0.25) is 0 Å². The molecule has 2 aromatic rings. The zero-order valence-electron chi connectivity index (χ0n) is 10.6. The molecule has 0 fully saturated rings. The highest BCUT2D eigenvalue weighted by atomic mass is 15.6. The topological polar surface area (TPSA) is 55.3 Å². The molecule has 0 saturated carbocycles. The van der Waals surface area contributed by atoms with Gasteiger partial charge in [0.05, 0.1) is 5.69 Å². The fourth-order valence-corrected chi connectivity index (χ4v) is 2.71. The highest BCUT2D eigenvalue weighted by molar-refractivity contribution is 6.04. The number of nitrogens with two attached hydrogens (primary N) is 2. The van der Waals surface area contributed by atoms with Gasteiger partial charge in [-0.2, -0.15) is 0 Å². The number of hydrogen-bond donors (Lipinski definition) is 2. The zero-order valence-corrected chi connectivity index (χ0v) is 10.6. The van der Waals surface area contributed by atoms with E-state index in [-0.39, 0.29) is 0 Å². The molecule has 3 heteroatoms. The van der Waals surface area contributed by atoms with E-state index < -0.39 is 0 Å². The Morgan fingerprint density at radius 3 is 2.26 bits per heavy atom. The highest BCUT2D eigenvalue weighted by Gasteiger charge is 2.25. The fraction of sp³-hybridized carbons (Fsp3) is 0. The third-order valence-electron chi connectivity index (χ3n) is 3.55. The Kier molecular flexibility index (Phi) is 2.52. The van der Waals surface area contributed by atoms with E-state index in [0.717, 1.165) is 38.6 Å². The van der Waals surface area contributed by atoms with Gasteiger partial charge in [0.25, 0.3) is 0 Å². The molecule has 4 N–H and O–H groups in total. The minimum Gasteiger partial charge on any atom is -0.246 e. The first kappa shape index (κ1) is 11.7. The maximum Gasteiger partial charge on any atom is 0.0775 e. The molecule has 2 aromatic carbocycles. The van der Waals surface area contributed by atoms with Gasteiger partial charge in [-0.3, -0.25) is 0 Å². The smallest absolute Gasteiger partial charge is 0.0775 e. The van der Waals surface area contributed by atoms with E-state index >= 15 is 0 Å².